The molecule has 0 bridgehead atoms. The highest BCUT2D eigenvalue weighted by Gasteiger charge is 2.58. The molecule has 5 aliphatic rings. The summed E-state index contributed by atoms with van der Waals surface area (Å²) in [5.74, 6) is 0.207. The Hall–Kier alpha value is -2.44. The van der Waals surface area contributed by atoms with E-state index in [-0.39, 0.29) is 58.4 Å². The van der Waals surface area contributed by atoms with E-state index in [0.717, 1.165) is 63.0 Å². The van der Waals surface area contributed by atoms with E-state index in [1.807, 2.05) is 48.5 Å². The monoisotopic (exact) mass is 953 g/mol. The zero-order chi connectivity index (χ0) is 49.6. The van der Waals surface area contributed by atoms with Gasteiger partial charge in [-0.1, -0.05) is 52.0 Å². The first-order chi connectivity index (χ1) is 31.6. The lowest BCUT2D eigenvalue weighted by Gasteiger charge is -2.59. The molecular weight excluding hydrogens is 865 g/mol. The van der Waals surface area contributed by atoms with Gasteiger partial charge in [0.15, 0.2) is 11.6 Å². The Balaban J connectivity index is 0.782. The van der Waals surface area contributed by atoms with Gasteiger partial charge in [0.25, 0.3) is 0 Å². The van der Waals surface area contributed by atoms with Crippen molar-refractivity contribution in [3.05, 3.63) is 59.7 Å². The lowest BCUT2D eigenvalue weighted by molar-refractivity contribution is -0.388. The van der Waals surface area contributed by atoms with Gasteiger partial charge in [-0.3, -0.25) is 19.5 Å². The Kier molecular flexibility index (Phi) is 15.9. The molecule has 5 fully saturated rings. The van der Waals surface area contributed by atoms with E-state index >= 15 is 0 Å². The molecule has 0 radical (unpaired) electrons. The lowest BCUT2D eigenvalue weighted by Crippen LogP contribution is -2.68. The largest absolute Gasteiger partial charge is 0.491 e. The van der Waals surface area contributed by atoms with Crippen LogP contribution in [0.4, 0.5) is 0 Å². The van der Waals surface area contributed by atoms with Crippen LogP contribution in [0.5, 0.6) is 11.5 Å². The number of hydroxylamine groups is 4. The van der Waals surface area contributed by atoms with E-state index in [9.17, 15) is 10.2 Å². The number of rotatable bonds is 16. The van der Waals surface area contributed by atoms with Crippen molar-refractivity contribution in [3.63, 3.8) is 0 Å². The first-order valence-electron chi connectivity index (χ1n) is 25.4. The Morgan fingerprint density at radius 2 is 0.750 bits per heavy atom. The van der Waals surface area contributed by atoms with Gasteiger partial charge in [0, 0.05) is 97.9 Å². The van der Waals surface area contributed by atoms with Crippen molar-refractivity contribution in [1.29, 1.82) is 0 Å². The number of benzene rings is 2. The van der Waals surface area contributed by atoms with Crippen LogP contribution in [0.3, 0.4) is 0 Å². The van der Waals surface area contributed by atoms with Crippen LogP contribution in [0.1, 0.15) is 146 Å². The van der Waals surface area contributed by atoms with Gasteiger partial charge in [-0.15, -0.1) is 0 Å². The van der Waals surface area contributed by atoms with Gasteiger partial charge in [-0.2, -0.15) is 10.1 Å². The number of β-amino-alcohol motifs (C(OH)–C–C–N with tert-alkyl or cyclic N) is 2. The Bertz CT molecular complexity index is 1750. The zero-order valence-corrected chi connectivity index (χ0v) is 44.2. The summed E-state index contributed by atoms with van der Waals surface area (Å²) < 4.78 is 37.8. The van der Waals surface area contributed by atoms with Crippen molar-refractivity contribution in [3.8, 4) is 11.5 Å². The number of ether oxygens (including phenoxy) is 6. The van der Waals surface area contributed by atoms with Crippen LogP contribution in [-0.2, 0) is 28.6 Å². The summed E-state index contributed by atoms with van der Waals surface area (Å²) in [5.41, 5.74) is 0.839. The lowest BCUT2D eigenvalue weighted by atomic mass is 9.77. The maximum Gasteiger partial charge on any atom is 0.171 e. The van der Waals surface area contributed by atoms with E-state index in [1.165, 1.54) is 0 Å². The third-order valence-electron chi connectivity index (χ3n) is 14.4. The molecule has 5 saturated heterocycles. The summed E-state index contributed by atoms with van der Waals surface area (Å²) in [6, 6.07) is 15.9. The molecule has 4 unspecified atom stereocenters. The molecule has 2 N–H and O–H groups in total. The summed E-state index contributed by atoms with van der Waals surface area (Å²) in [6.45, 7) is 37.9. The topological polar surface area (TPSA) is 127 Å². The van der Waals surface area contributed by atoms with E-state index < -0.39 is 23.8 Å². The van der Waals surface area contributed by atoms with Gasteiger partial charge in [0.2, 0.25) is 0 Å². The molecule has 68 heavy (non-hydrogen) atoms. The third-order valence-corrected chi connectivity index (χ3v) is 14.4. The predicted molar refractivity (Wildman–Crippen MR) is 263 cm³/mol. The second kappa shape index (κ2) is 20.2. The standard InChI is InChI=1S/C54H88N4O10/c1-39(67-57-49(7,8)31-53(32-50(57,9)10)63-35-47(3,4)36-64-53)41-15-19-45(20-16-41)61-29-43(59)27-55-23-25-56(26-24-55)28-44(60)30-62-46-21-17-42(18-22-46)40(2)68-58-51(11,12)33-54(34-52(58,13)14)65-37-48(5,6)38-66-54/h15-22,39-40,43-44,59-60H,23-38H2,1-14H3. The van der Waals surface area contributed by atoms with Gasteiger partial charge < -0.3 is 38.6 Å². The van der Waals surface area contributed by atoms with E-state index in [4.69, 9.17) is 38.1 Å². The maximum atomic E-state index is 10.9. The molecule has 0 aliphatic carbocycles. The fraction of sp³-hybridized carbons (Fsp3) is 0.778. The second-order valence-electron chi connectivity index (χ2n) is 25.0. The second-order valence-corrected chi connectivity index (χ2v) is 25.0. The molecule has 14 heteroatoms. The first kappa shape index (κ1) is 53.4. The molecule has 14 nitrogen and oxygen atoms in total. The average molecular weight is 953 g/mol. The highest BCUT2D eigenvalue weighted by atomic mass is 16.7. The number of piperidine rings is 2. The molecule has 0 saturated carbocycles. The van der Waals surface area contributed by atoms with Crippen molar-refractivity contribution in [2.24, 2.45) is 10.8 Å². The highest BCUT2D eigenvalue weighted by Crippen LogP contribution is 2.51. The molecule has 0 aromatic heterocycles. The van der Waals surface area contributed by atoms with Crippen LogP contribution in [0, 0.1) is 10.8 Å². The number of piperazine rings is 1. The zero-order valence-electron chi connectivity index (χ0n) is 44.2. The molecule has 2 spiro atoms. The van der Waals surface area contributed by atoms with Gasteiger partial charge in [0.1, 0.15) is 49.1 Å². The van der Waals surface area contributed by atoms with Crippen molar-refractivity contribution in [2.45, 2.75) is 181 Å². The molecule has 2 aromatic rings. The highest BCUT2D eigenvalue weighted by molar-refractivity contribution is 5.29. The molecule has 4 atom stereocenters. The number of hydrogen-bond donors (Lipinski definition) is 2. The summed E-state index contributed by atoms with van der Waals surface area (Å²) in [7, 11) is 0. The minimum absolute atomic E-state index is 0.0136. The number of hydrogen-bond acceptors (Lipinski definition) is 14. The molecule has 5 aliphatic heterocycles. The van der Waals surface area contributed by atoms with E-state index in [0.29, 0.717) is 51.0 Å². The summed E-state index contributed by atoms with van der Waals surface area (Å²) in [5, 5.41) is 26.1. The van der Waals surface area contributed by atoms with Crippen molar-refractivity contribution < 1.29 is 48.3 Å². The normalized spacial score (nSPS) is 27.3. The fourth-order valence-corrected chi connectivity index (χ4v) is 11.5. The average Bonchev–Trinajstić information content (AvgIpc) is 3.25. The predicted octanol–water partition coefficient (Wildman–Crippen LogP) is 8.31. The minimum Gasteiger partial charge on any atom is -0.491 e. The summed E-state index contributed by atoms with van der Waals surface area (Å²) in [6.07, 6.45) is 1.24. The van der Waals surface area contributed by atoms with Crippen LogP contribution < -0.4 is 9.47 Å². The van der Waals surface area contributed by atoms with Crippen LogP contribution in [0.25, 0.3) is 0 Å². The van der Waals surface area contributed by atoms with Crippen LogP contribution in [-0.4, -0.2) is 155 Å². The molecule has 7 rings (SSSR count). The van der Waals surface area contributed by atoms with Crippen molar-refractivity contribution in [1.82, 2.24) is 19.9 Å². The van der Waals surface area contributed by atoms with Crippen molar-refractivity contribution >= 4 is 0 Å². The van der Waals surface area contributed by atoms with Crippen molar-refractivity contribution in [2.75, 3.05) is 78.9 Å². The Morgan fingerprint density at radius 1 is 0.471 bits per heavy atom. The number of aliphatic hydroxyl groups is 2. The third kappa shape index (κ3) is 13.1. The molecular formula is C54H88N4O10. The minimum atomic E-state index is -0.631. The van der Waals surface area contributed by atoms with Gasteiger partial charge in [-0.25, -0.2) is 0 Å². The number of nitrogens with zero attached hydrogens (tertiary/aromatic N) is 4. The van der Waals surface area contributed by atoms with E-state index in [1.54, 1.807) is 0 Å². The summed E-state index contributed by atoms with van der Waals surface area (Å²) >= 11 is 0. The molecule has 5 heterocycles. The molecule has 2 aromatic carbocycles. The Labute approximate surface area is 408 Å². The van der Waals surface area contributed by atoms with E-state index in [2.05, 4.69) is 117 Å². The molecule has 0 amide bonds. The molecule has 384 valence electrons. The van der Waals surface area contributed by atoms with Crippen LogP contribution >= 0.6 is 0 Å². The maximum absolute atomic E-state index is 10.9. The van der Waals surface area contributed by atoms with Crippen LogP contribution in [0.2, 0.25) is 0 Å². The quantitative estimate of drug-likeness (QED) is 0.168. The smallest absolute Gasteiger partial charge is 0.171 e. The van der Waals surface area contributed by atoms with Gasteiger partial charge >= 0.3 is 0 Å². The fourth-order valence-electron chi connectivity index (χ4n) is 11.5. The number of aliphatic hydroxyl groups excluding tert-OH is 2. The first-order valence-corrected chi connectivity index (χ1v) is 25.4. The van der Waals surface area contributed by atoms with Gasteiger partial charge in [-0.05, 0) is 105 Å². The van der Waals surface area contributed by atoms with Crippen LogP contribution in [0.15, 0.2) is 48.5 Å². The Morgan fingerprint density at radius 3 is 1.03 bits per heavy atom. The van der Waals surface area contributed by atoms with Gasteiger partial charge in [0.05, 0.1) is 26.4 Å². The summed E-state index contributed by atoms with van der Waals surface area (Å²) in [4.78, 5) is 17.9. The SMILES string of the molecule is CC(ON1C(C)(C)CC2(CC1(C)C)OCC(C)(C)CO2)c1ccc(OCC(O)CN2CCN(CC(O)COc3ccc(C(C)ON4C(C)(C)CC5(CC4(C)C)OCC(C)(C)CO5)cc3)CC2)cc1.